The second-order valence-electron chi connectivity index (χ2n) is 5.88. The Morgan fingerprint density at radius 3 is 2.43 bits per heavy atom. The van der Waals surface area contributed by atoms with Crippen molar-refractivity contribution in [3.63, 3.8) is 0 Å². The quantitative estimate of drug-likeness (QED) is 0.674. The van der Waals surface area contributed by atoms with Gasteiger partial charge in [0.25, 0.3) is 11.8 Å². The first kappa shape index (κ1) is 19.9. The van der Waals surface area contributed by atoms with Crippen LogP contribution < -0.4 is 10.6 Å². The van der Waals surface area contributed by atoms with Crippen LogP contribution in [0.5, 0.6) is 0 Å². The summed E-state index contributed by atoms with van der Waals surface area (Å²) in [5.74, 6) is -0.651. The highest BCUT2D eigenvalue weighted by molar-refractivity contribution is 6.40. The van der Waals surface area contributed by atoms with Crippen LogP contribution >= 0.6 is 23.2 Å². The molecule has 2 heterocycles. The molecule has 0 saturated heterocycles. The van der Waals surface area contributed by atoms with Crippen molar-refractivity contribution in [1.82, 2.24) is 14.9 Å². The Balaban J connectivity index is 2.07. The molecule has 1 aromatic carbocycles. The number of benzene rings is 1. The fourth-order valence-electron chi connectivity index (χ4n) is 2.74. The first-order valence-electron chi connectivity index (χ1n) is 8.39. The number of amides is 2. The van der Waals surface area contributed by atoms with Crippen LogP contribution in [0.25, 0.3) is 10.9 Å². The first-order valence-corrected chi connectivity index (χ1v) is 9.14. The molecule has 0 saturated carbocycles. The van der Waals surface area contributed by atoms with Crippen LogP contribution in [0.4, 0.5) is 5.82 Å². The van der Waals surface area contributed by atoms with E-state index in [9.17, 15) is 14.4 Å². The molecule has 0 fully saturated rings. The zero-order chi connectivity index (χ0) is 20.4. The number of pyridine rings is 1. The lowest BCUT2D eigenvalue weighted by molar-refractivity contribution is -0.115. The Morgan fingerprint density at radius 2 is 1.82 bits per heavy atom. The molecule has 2 N–H and O–H groups in total. The minimum Gasteiger partial charge on any atom is -0.355 e. The summed E-state index contributed by atoms with van der Waals surface area (Å²) in [5.41, 5.74) is 0.860. The van der Waals surface area contributed by atoms with Crippen LogP contribution in [0.1, 0.15) is 34.1 Å². The summed E-state index contributed by atoms with van der Waals surface area (Å²) in [6, 6.07) is 6.10. The predicted octanol–water partition coefficient (Wildman–Crippen LogP) is 3.74. The van der Waals surface area contributed by atoms with Crippen LogP contribution in [0.3, 0.4) is 0 Å². The van der Waals surface area contributed by atoms with Gasteiger partial charge in [0.2, 0.25) is 5.91 Å². The first-order chi connectivity index (χ1) is 13.4. The molecule has 2 amide bonds. The summed E-state index contributed by atoms with van der Waals surface area (Å²) in [6.07, 6.45) is 3.35. The van der Waals surface area contributed by atoms with E-state index in [0.717, 1.165) is 0 Å². The van der Waals surface area contributed by atoms with Gasteiger partial charge < -0.3 is 10.6 Å². The molecular formula is C19H16Cl2N4O3. The van der Waals surface area contributed by atoms with Gasteiger partial charge in [-0.15, -0.1) is 0 Å². The standard InChI is InChI=1S/C19H16Cl2N4O3/c1-3-15(26)24-17-11-5-7-25(14(11)4-6-23-17)19(28)16-12(20)8-10(9-13(16)21)18(27)22-2/h4-9H,3H2,1-2H3,(H,22,27)(H,23,24,26). The zero-order valence-corrected chi connectivity index (χ0v) is 16.6. The number of rotatable bonds is 4. The second kappa shape index (κ2) is 8.00. The number of hydrogen-bond acceptors (Lipinski definition) is 4. The van der Waals surface area contributed by atoms with Gasteiger partial charge in [0.15, 0.2) is 0 Å². The van der Waals surface area contributed by atoms with Gasteiger partial charge >= 0.3 is 0 Å². The fraction of sp³-hybridized carbons (Fsp3) is 0.158. The number of carbonyl (C=O) groups excluding carboxylic acids is 3. The molecule has 0 spiro atoms. The lowest BCUT2D eigenvalue weighted by atomic mass is 10.1. The van der Waals surface area contributed by atoms with Gasteiger partial charge in [-0.05, 0) is 24.3 Å². The molecule has 3 aromatic rings. The second-order valence-corrected chi connectivity index (χ2v) is 6.69. The Hall–Kier alpha value is -2.90. The van der Waals surface area contributed by atoms with Crippen molar-refractivity contribution in [3.8, 4) is 0 Å². The Kier molecular flexibility index (Phi) is 5.67. The van der Waals surface area contributed by atoms with E-state index in [1.54, 1.807) is 25.3 Å². The molecule has 3 rings (SSSR count). The van der Waals surface area contributed by atoms with E-state index in [0.29, 0.717) is 23.1 Å². The monoisotopic (exact) mass is 418 g/mol. The third kappa shape index (κ3) is 3.58. The van der Waals surface area contributed by atoms with Crippen molar-refractivity contribution in [2.45, 2.75) is 13.3 Å². The van der Waals surface area contributed by atoms with Crippen LogP contribution in [0.15, 0.2) is 36.7 Å². The highest BCUT2D eigenvalue weighted by Gasteiger charge is 2.21. The van der Waals surface area contributed by atoms with Crippen molar-refractivity contribution >= 4 is 57.6 Å². The third-order valence-electron chi connectivity index (χ3n) is 4.16. The van der Waals surface area contributed by atoms with E-state index in [4.69, 9.17) is 23.2 Å². The van der Waals surface area contributed by atoms with Crippen LogP contribution in [0, 0.1) is 0 Å². The normalized spacial score (nSPS) is 10.7. The minimum atomic E-state index is -0.465. The maximum absolute atomic E-state index is 13.1. The average Bonchev–Trinajstić information content (AvgIpc) is 3.11. The molecule has 0 aliphatic heterocycles. The Labute approximate surface area is 170 Å². The molecule has 0 aliphatic carbocycles. The average molecular weight is 419 g/mol. The highest BCUT2D eigenvalue weighted by atomic mass is 35.5. The number of halogens is 2. The van der Waals surface area contributed by atoms with E-state index < -0.39 is 5.91 Å². The SMILES string of the molecule is CCC(=O)Nc1nccc2c1ccn2C(=O)c1c(Cl)cc(C(=O)NC)cc1Cl. The van der Waals surface area contributed by atoms with Crippen LogP contribution in [0.2, 0.25) is 10.0 Å². The van der Waals surface area contributed by atoms with Crippen molar-refractivity contribution in [2.75, 3.05) is 12.4 Å². The molecule has 0 bridgehead atoms. The maximum Gasteiger partial charge on any atom is 0.265 e. The largest absolute Gasteiger partial charge is 0.355 e. The molecule has 2 aromatic heterocycles. The smallest absolute Gasteiger partial charge is 0.265 e. The fourth-order valence-corrected chi connectivity index (χ4v) is 3.39. The van der Waals surface area contributed by atoms with Crippen LogP contribution in [-0.2, 0) is 4.79 Å². The van der Waals surface area contributed by atoms with E-state index in [2.05, 4.69) is 15.6 Å². The molecule has 7 nitrogen and oxygen atoms in total. The van der Waals surface area contributed by atoms with Crippen molar-refractivity contribution in [3.05, 3.63) is 57.8 Å². The number of anilines is 1. The van der Waals surface area contributed by atoms with E-state index >= 15 is 0 Å². The number of nitrogens with one attached hydrogen (secondary N) is 2. The topological polar surface area (TPSA) is 93.1 Å². The summed E-state index contributed by atoms with van der Waals surface area (Å²) in [7, 11) is 1.48. The number of carbonyl (C=O) groups is 3. The Bertz CT molecular complexity index is 1080. The molecule has 0 atom stereocenters. The Morgan fingerprint density at radius 1 is 1.14 bits per heavy atom. The van der Waals surface area contributed by atoms with E-state index in [-0.39, 0.29) is 33.0 Å². The lowest BCUT2D eigenvalue weighted by Crippen LogP contribution is -2.19. The van der Waals surface area contributed by atoms with Gasteiger partial charge in [-0.1, -0.05) is 30.1 Å². The summed E-state index contributed by atoms with van der Waals surface area (Å²) in [5, 5.41) is 5.91. The molecule has 0 aliphatic rings. The third-order valence-corrected chi connectivity index (χ3v) is 4.76. The maximum atomic E-state index is 13.1. The van der Waals surface area contributed by atoms with Gasteiger partial charge in [-0.25, -0.2) is 4.98 Å². The van der Waals surface area contributed by atoms with Crippen LogP contribution in [-0.4, -0.2) is 34.3 Å². The van der Waals surface area contributed by atoms with Gasteiger partial charge in [0.05, 0.1) is 21.1 Å². The lowest BCUT2D eigenvalue weighted by Gasteiger charge is -2.11. The number of fused-ring (bicyclic) bond motifs is 1. The highest BCUT2D eigenvalue weighted by Crippen LogP contribution is 2.30. The summed E-state index contributed by atoms with van der Waals surface area (Å²) < 4.78 is 1.37. The molecule has 0 radical (unpaired) electrons. The molecular weight excluding hydrogens is 403 g/mol. The molecule has 9 heteroatoms. The van der Waals surface area contributed by atoms with Crippen molar-refractivity contribution in [1.29, 1.82) is 0 Å². The summed E-state index contributed by atoms with van der Waals surface area (Å²) in [6.45, 7) is 1.73. The molecule has 144 valence electrons. The van der Waals surface area contributed by atoms with Crippen molar-refractivity contribution in [2.24, 2.45) is 0 Å². The number of aromatic nitrogens is 2. The number of hydrogen-bond donors (Lipinski definition) is 2. The van der Waals surface area contributed by atoms with E-state index in [1.165, 1.54) is 29.9 Å². The van der Waals surface area contributed by atoms with Gasteiger partial charge in [-0.3, -0.25) is 19.0 Å². The molecule has 28 heavy (non-hydrogen) atoms. The molecule has 0 unspecified atom stereocenters. The minimum absolute atomic E-state index is 0.0616. The zero-order valence-electron chi connectivity index (χ0n) is 15.0. The van der Waals surface area contributed by atoms with E-state index in [1.807, 2.05) is 0 Å². The van der Waals surface area contributed by atoms with Crippen molar-refractivity contribution < 1.29 is 14.4 Å². The van der Waals surface area contributed by atoms with Gasteiger partial charge in [-0.2, -0.15) is 0 Å². The summed E-state index contributed by atoms with van der Waals surface area (Å²) in [4.78, 5) is 40.7. The van der Waals surface area contributed by atoms with Gasteiger partial charge in [0, 0.05) is 36.8 Å². The van der Waals surface area contributed by atoms with Gasteiger partial charge in [0.1, 0.15) is 5.82 Å². The summed E-state index contributed by atoms with van der Waals surface area (Å²) >= 11 is 12.5. The number of nitrogens with zero attached hydrogens (tertiary/aromatic N) is 2. The predicted molar refractivity (Wildman–Crippen MR) is 108 cm³/mol.